The van der Waals surface area contributed by atoms with Gasteiger partial charge in [0.05, 0.1) is 6.61 Å². The number of rotatable bonds is 12. The summed E-state index contributed by atoms with van der Waals surface area (Å²) in [7, 11) is -4.48. The van der Waals surface area contributed by atoms with Crippen LogP contribution in [0.2, 0.25) is 0 Å². The summed E-state index contributed by atoms with van der Waals surface area (Å²) in [6, 6.07) is 12.0. The van der Waals surface area contributed by atoms with Crippen molar-refractivity contribution < 1.29 is 46.7 Å². The fourth-order valence-electron chi connectivity index (χ4n) is 2.14. The second-order valence-corrected chi connectivity index (χ2v) is 6.62. The van der Waals surface area contributed by atoms with Gasteiger partial charge in [-0.25, -0.2) is 8.42 Å². The Kier molecular flexibility index (Phi) is 21.3. The van der Waals surface area contributed by atoms with Gasteiger partial charge in [0.2, 0.25) is 10.4 Å². The van der Waals surface area contributed by atoms with Crippen molar-refractivity contribution in [2.75, 3.05) is 6.61 Å². The molecule has 0 fully saturated rings. The third-order valence-corrected chi connectivity index (χ3v) is 3.85. The van der Waals surface area contributed by atoms with E-state index >= 15 is 0 Å². The van der Waals surface area contributed by atoms with Crippen molar-refractivity contribution in [3.8, 4) is 0 Å². The minimum atomic E-state index is -4.48. The zero-order chi connectivity index (χ0) is 17.2. The second kappa shape index (κ2) is 19.4. The molecule has 0 saturated heterocycles. The van der Waals surface area contributed by atoms with E-state index in [-0.39, 0.29) is 36.2 Å². The van der Waals surface area contributed by atoms with E-state index in [0.29, 0.717) is 6.42 Å². The zero-order valence-electron chi connectivity index (χ0n) is 15.3. The molecule has 0 atom stereocenters. The maximum Gasteiger partial charge on any atom is 1.00 e. The first kappa shape index (κ1) is 26.3. The molecule has 0 N–H and O–H groups in total. The summed E-state index contributed by atoms with van der Waals surface area (Å²) in [5.41, 5.74) is 0. The van der Waals surface area contributed by atoms with Gasteiger partial charge in [0.25, 0.3) is 0 Å². The fourth-order valence-corrected chi connectivity index (χ4v) is 2.46. The van der Waals surface area contributed by atoms with Crippen LogP contribution in [-0.4, -0.2) is 19.6 Å². The zero-order valence-corrected chi connectivity index (χ0v) is 18.1. The molecule has 6 heteroatoms. The number of benzene rings is 1. The molecule has 0 bridgehead atoms. The standard InChI is InChI=1S/C12H26O4S.C6H6.Na/c1-2-3-4-5-6-7-8-9-10-11-12-16-17(13,14)15;1-2-4-6-5-3-1;/h2-12H2,1H3,(H,13,14,15);1-6H;/q;;+1/p-1. The predicted octanol–water partition coefficient (Wildman–Crippen LogP) is 2.07. The van der Waals surface area contributed by atoms with Gasteiger partial charge in [0.15, 0.2) is 0 Å². The van der Waals surface area contributed by atoms with Crippen molar-refractivity contribution in [3.63, 3.8) is 0 Å². The Bertz CT molecular complexity index is 411. The maximum atomic E-state index is 10.1. The fraction of sp³-hybridized carbons (Fsp3) is 0.667. The summed E-state index contributed by atoms with van der Waals surface area (Å²) < 4.78 is 34.5. The smallest absolute Gasteiger partial charge is 0.726 e. The molecule has 0 unspecified atom stereocenters. The van der Waals surface area contributed by atoms with Crippen molar-refractivity contribution >= 4 is 10.4 Å². The van der Waals surface area contributed by atoms with Gasteiger partial charge < -0.3 is 4.55 Å². The summed E-state index contributed by atoms with van der Waals surface area (Å²) in [4.78, 5) is 0. The minimum Gasteiger partial charge on any atom is -0.726 e. The summed E-state index contributed by atoms with van der Waals surface area (Å²) >= 11 is 0. The van der Waals surface area contributed by atoms with Gasteiger partial charge in [-0.1, -0.05) is 101 Å². The van der Waals surface area contributed by atoms with Gasteiger partial charge in [0, 0.05) is 0 Å². The molecule has 0 saturated carbocycles. The van der Waals surface area contributed by atoms with Crippen molar-refractivity contribution in [2.24, 2.45) is 0 Å². The normalized spacial score (nSPS) is 10.4. The topological polar surface area (TPSA) is 66.4 Å². The van der Waals surface area contributed by atoms with Crippen LogP contribution >= 0.6 is 0 Å². The van der Waals surface area contributed by atoms with Gasteiger partial charge in [0.1, 0.15) is 0 Å². The van der Waals surface area contributed by atoms with Crippen LogP contribution in [0.15, 0.2) is 36.4 Å². The molecule has 0 aromatic heterocycles. The van der Waals surface area contributed by atoms with E-state index in [4.69, 9.17) is 0 Å². The quantitative estimate of drug-likeness (QED) is 0.246. The molecular weight excluding hydrogens is 335 g/mol. The van der Waals surface area contributed by atoms with Crippen molar-refractivity contribution in [2.45, 2.75) is 71.1 Å². The van der Waals surface area contributed by atoms with Crippen molar-refractivity contribution in [1.82, 2.24) is 0 Å². The first-order valence-corrected chi connectivity index (χ1v) is 10.00. The van der Waals surface area contributed by atoms with Crippen LogP contribution in [0, 0.1) is 0 Å². The average molecular weight is 366 g/mol. The largest absolute Gasteiger partial charge is 1.00 e. The van der Waals surface area contributed by atoms with Crippen molar-refractivity contribution in [1.29, 1.82) is 0 Å². The van der Waals surface area contributed by atoms with E-state index in [0.717, 1.165) is 12.8 Å². The number of unbranched alkanes of at least 4 members (excludes halogenated alkanes) is 9. The molecule has 0 amide bonds. The molecule has 1 aromatic carbocycles. The monoisotopic (exact) mass is 366 g/mol. The van der Waals surface area contributed by atoms with Gasteiger partial charge in [-0.2, -0.15) is 0 Å². The van der Waals surface area contributed by atoms with E-state index in [9.17, 15) is 13.0 Å². The maximum absolute atomic E-state index is 10.1. The molecule has 0 aliphatic rings. The Morgan fingerprint density at radius 2 is 1.04 bits per heavy atom. The van der Waals surface area contributed by atoms with Crippen LogP contribution in [0.1, 0.15) is 71.1 Å². The van der Waals surface area contributed by atoms with Crippen LogP contribution < -0.4 is 29.6 Å². The van der Waals surface area contributed by atoms with E-state index in [1.807, 2.05) is 36.4 Å². The van der Waals surface area contributed by atoms with Crippen LogP contribution in [0.25, 0.3) is 0 Å². The Morgan fingerprint density at radius 3 is 1.38 bits per heavy atom. The van der Waals surface area contributed by atoms with E-state index in [1.54, 1.807) is 0 Å². The molecule has 0 spiro atoms. The Labute approximate surface area is 170 Å². The Morgan fingerprint density at radius 1 is 0.708 bits per heavy atom. The van der Waals surface area contributed by atoms with E-state index in [2.05, 4.69) is 11.1 Å². The Hall–Kier alpha value is 0.0900. The summed E-state index contributed by atoms with van der Waals surface area (Å²) in [5, 5.41) is 0. The van der Waals surface area contributed by atoms with Crippen LogP contribution in [-0.2, 0) is 14.6 Å². The Balaban J connectivity index is 0. The first-order chi connectivity index (χ1) is 11.1. The molecule has 0 radical (unpaired) electrons. The van der Waals surface area contributed by atoms with Crippen LogP contribution in [0.5, 0.6) is 0 Å². The number of hydrogen-bond acceptors (Lipinski definition) is 4. The molecule has 1 aromatic rings. The van der Waals surface area contributed by atoms with Crippen molar-refractivity contribution in [3.05, 3.63) is 36.4 Å². The minimum absolute atomic E-state index is 0. The van der Waals surface area contributed by atoms with Gasteiger partial charge in [-0.05, 0) is 6.42 Å². The molecule has 1 rings (SSSR count). The molecule has 134 valence electrons. The molecular formula is C18H31NaO4S. The summed E-state index contributed by atoms with van der Waals surface area (Å²) in [6.45, 7) is 2.24. The van der Waals surface area contributed by atoms with E-state index in [1.165, 1.54) is 44.9 Å². The molecule has 0 aliphatic carbocycles. The third kappa shape index (κ3) is 24.3. The first-order valence-electron chi connectivity index (χ1n) is 8.66. The average Bonchev–Trinajstić information content (AvgIpc) is 2.54. The number of hydrogen-bond donors (Lipinski definition) is 0. The summed E-state index contributed by atoms with van der Waals surface area (Å²) in [6.07, 6.45) is 11.7. The molecule has 24 heavy (non-hydrogen) atoms. The molecule has 4 nitrogen and oxygen atoms in total. The SMILES string of the molecule is CCCCCCCCCCCCOS(=O)(=O)[O-].[Na+].c1ccccc1. The van der Waals surface area contributed by atoms with E-state index < -0.39 is 10.4 Å². The van der Waals surface area contributed by atoms with Gasteiger partial charge in [-0.15, -0.1) is 0 Å². The third-order valence-electron chi connectivity index (χ3n) is 3.39. The van der Waals surface area contributed by atoms with Gasteiger partial charge >= 0.3 is 29.6 Å². The second-order valence-electron chi connectivity index (χ2n) is 5.57. The molecule has 0 aliphatic heterocycles. The van der Waals surface area contributed by atoms with Crippen LogP contribution in [0.4, 0.5) is 0 Å². The van der Waals surface area contributed by atoms with Gasteiger partial charge in [-0.3, -0.25) is 4.18 Å². The predicted molar refractivity (Wildman–Crippen MR) is 93.9 cm³/mol. The van der Waals surface area contributed by atoms with Crippen LogP contribution in [0.3, 0.4) is 0 Å². The summed E-state index contributed by atoms with van der Waals surface area (Å²) in [5.74, 6) is 0. The molecule has 0 heterocycles.